The number of alkyl halides is 3. The molecule has 11 nitrogen and oxygen atoms in total. The number of piperazine rings is 1. The van der Waals surface area contributed by atoms with Gasteiger partial charge in [-0.05, 0) is 57.9 Å². The maximum atomic E-state index is 13.6. The number of carbonyl (C=O) groups excluding carboxylic acids is 2. The fourth-order valence-electron chi connectivity index (χ4n) is 5.35. The lowest BCUT2D eigenvalue weighted by Crippen LogP contribution is -2.65. The molecule has 1 saturated heterocycles. The van der Waals surface area contributed by atoms with E-state index in [1.807, 2.05) is 0 Å². The van der Waals surface area contributed by atoms with Gasteiger partial charge >= 0.3 is 6.18 Å². The van der Waals surface area contributed by atoms with Crippen molar-refractivity contribution >= 4 is 29.0 Å². The van der Waals surface area contributed by atoms with Gasteiger partial charge in [0.2, 0.25) is 5.91 Å². The van der Waals surface area contributed by atoms with Crippen molar-refractivity contribution in [3.8, 4) is 22.5 Å². The highest BCUT2D eigenvalue weighted by atomic mass is 19.4. The van der Waals surface area contributed by atoms with Gasteiger partial charge in [0.1, 0.15) is 29.2 Å². The summed E-state index contributed by atoms with van der Waals surface area (Å²) < 4.78 is 43.2. The number of hydrogen-bond donors (Lipinski definition) is 1. The highest BCUT2D eigenvalue weighted by Crippen LogP contribution is 2.39. The summed E-state index contributed by atoms with van der Waals surface area (Å²) in [5, 5.41) is 8.26. The molecule has 2 fully saturated rings. The van der Waals surface area contributed by atoms with Gasteiger partial charge in [0.05, 0.1) is 11.4 Å². The molecule has 2 N–H and O–H groups in total. The van der Waals surface area contributed by atoms with E-state index in [1.165, 1.54) is 23.1 Å². The average Bonchev–Trinajstić information content (AvgIpc) is 3.54. The molecule has 2 aliphatic rings. The molecule has 2 amide bonds. The molecule has 0 bridgehead atoms. The number of fused-ring (bicyclic) bond motifs is 1. The van der Waals surface area contributed by atoms with Crippen LogP contribution in [-0.2, 0) is 9.59 Å². The van der Waals surface area contributed by atoms with Gasteiger partial charge in [-0.2, -0.15) is 23.4 Å². The van der Waals surface area contributed by atoms with Crippen LogP contribution in [0, 0.1) is 5.92 Å². The first kappa shape index (κ1) is 26.7. The van der Waals surface area contributed by atoms with Crippen LogP contribution in [-0.4, -0.2) is 70.9 Å². The van der Waals surface area contributed by atoms with Crippen molar-refractivity contribution in [2.75, 3.05) is 23.7 Å². The number of anilines is 2. The first-order valence-electron chi connectivity index (χ1n) is 13.2. The quantitative estimate of drug-likeness (QED) is 0.389. The number of amides is 2. The molecule has 41 heavy (non-hydrogen) atoms. The van der Waals surface area contributed by atoms with Crippen LogP contribution in [0.4, 0.5) is 24.8 Å². The third-order valence-corrected chi connectivity index (χ3v) is 7.87. The van der Waals surface area contributed by atoms with Crippen LogP contribution in [0.25, 0.3) is 28.0 Å². The van der Waals surface area contributed by atoms with E-state index in [-0.39, 0.29) is 35.8 Å². The SMILES string of the molecule is CC(n1nccc1-c1cc(-c2ccnc(N3CCN(C(=O)C4CC4)C(C)(C)C3=O)c2)n2ncnc(N)c12)C(F)(F)F. The van der Waals surface area contributed by atoms with Gasteiger partial charge in [-0.25, -0.2) is 14.5 Å². The zero-order valence-corrected chi connectivity index (χ0v) is 22.6. The molecule has 4 aromatic heterocycles. The number of aromatic nitrogens is 6. The molecule has 1 atom stereocenters. The van der Waals surface area contributed by atoms with Gasteiger partial charge in [0, 0.05) is 42.5 Å². The van der Waals surface area contributed by atoms with E-state index in [9.17, 15) is 22.8 Å². The van der Waals surface area contributed by atoms with Crippen molar-refractivity contribution in [1.29, 1.82) is 0 Å². The number of halogens is 3. The average molecular weight is 568 g/mol. The van der Waals surface area contributed by atoms with E-state index in [1.54, 1.807) is 48.0 Å². The molecule has 1 saturated carbocycles. The van der Waals surface area contributed by atoms with E-state index >= 15 is 0 Å². The summed E-state index contributed by atoms with van der Waals surface area (Å²) in [6, 6.07) is 4.70. The Labute approximate surface area is 232 Å². The van der Waals surface area contributed by atoms with Gasteiger partial charge in [-0.3, -0.25) is 19.2 Å². The van der Waals surface area contributed by atoms with Crippen LogP contribution < -0.4 is 10.6 Å². The molecule has 1 unspecified atom stereocenters. The Kier molecular flexibility index (Phi) is 6.05. The van der Waals surface area contributed by atoms with Gasteiger partial charge in [-0.15, -0.1) is 0 Å². The number of hydrogen-bond acceptors (Lipinski definition) is 7. The fourth-order valence-corrected chi connectivity index (χ4v) is 5.35. The third kappa shape index (κ3) is 4.37. The van der Waals surface area contributed by atoms with Crippen molar-refractivity contribution in [1.82, 2.24) is 34.3 Å². The molecule has 5 heterocycles. The van der Waals surface area contributed by atoms with E-state index in [0.29, 0.717) is 34.7 Å². The van der Waals surface area contributed by atoms with Crippen LogP contribution in [0.5, 0.6) is 0 Å². The summed E-state index contributed by atoms with van der Waals surface area (Å²) in [5.41, 5.74) is 7.16. The van der Waals surface area contributed by atoms with E-state index in [0.717, 1.165) is 24.4 Å². The molecular weight excluding hydrogens is 539 g/mol. The van der Waals surface area contributed by atoms with Gasteiger partial charge in [0.15, 0.2) is 5.82 Å². The van der Waals surface area contributed by atoms with Crippen molar-refractivity contribution in [3.63, 3.8) is 0 Å². The summed E-state index contributed by atoms with van der Waals surface area (Å²) in [6.07, 6.45) is 1.29. The summed E-state index contributed by atoms with van der Waals surface area (Å²) in [6.45, 7) is 5.16. The molecule has 0 spiro atoms. The molecule has 4 aromatic rings. The Morgan fingerprint density at radius 3 is 2.54 bits per heavy atom. The molecular formula is C27H28F3N9O2. The number of rotatable bonds is 5. The Hall–Kier alpha value is -4.49. The minimum absolute atomic E-state index is 0.00299. The van der Waals surface area contributed by atoms with Crippen molar-refractivity contribution in [2.24, 2.45) is 5.92 Å². The van der Waals surface area contributed by atoms with Crippen LogP contribution in [0.2, 0.25) is 0 Å². The minimum Gasteiger partial charge on any atom is -0.382 e. The summed E-state index contributed by atoms with van der Waals surface area (Å²) in [7, 11) is 0. The summed E-state index contributed by atoms with van der Waals surface area (Å²) >= 11 is 0. The first-order chi connectivity index (χ1) is 19.4. The highest BCUT2D eigenvalue weighted by Gasteiger charge is 2.48. The number of carbonyl (C=O) groups is 2. The lowest BCUT2D eigenvalue weighted by Gasteiger charge is -2.45. The Morgan fingerprint density at radius 2 is 1.83 bits per heavy atom. The number of pyridine rings is 1. The Balaban J connectivity index is 1.41. The monoisotopic (exact) mass is 567 g/mol. The second-order valence-electron chi connectivity index (χ2n) is 10.9. The molecule has 0 aromatic carbocycles. The minimum atomic E-state index is -4.52. The normalized spacial score (nSPS) is 18.2. The van der Waals surface area contributed by atoms with Gasteiger partial charge < -0.3 is 10.6 Å². The second kappa shape index (κ2) is 9.28. The molecule has 14 heteroatoms. The smallest absolute Gasteiger partial charge is 0.382 e. The maximum Gasteiger partial charge on any atom is 0.410 e. The summed E-state index contributed by atoms with van der Waals surface area (Å²) in [4.78, 5) is 38.1. The largest absolute Gasteiger partial charge is 0.410 e. The molecule has 1 aliphatic carbocycles. The molecule has 1 aliphatic heterocycles. The van der Waals surface area contributed by atoms with E-state index in [2.05, 4.69) is 20.2 Å². The van der Waals surface area contributed by atoms with Gasteiger partial charge in [0.25, 0.3) is 5.91 Å². The maximum absolute atomic E-state index is 13.6. The predicted octanol–water partition coefficient (Wildman–Crippen LogP) is 3.72. The van der Waals surface area contributed by atoms with Crippen LogP contribution >= 0.6 is 0 Å². The van der Waals surface area contributed by atoms with Crippen LogP contribution in [0.1, 0.15) is 39.7 Å². The van der Waals surface area contributed by atoms with Crippen LogP contribution in [0.3, 0.4) is 0 Å². The van der Waals surface area contributed by atoms with E-state index < -0.39 is 17.8 Å². The number of nitrogens with two attached hydrogens (primary N) is 1. The topological polar surface area (TPSA) is 128 Å². The molecule has 6 rings (SSSR count). The fraction of sp³-hybridized carbons (Fsp3) is 0.407. The standard InChI is InChI=1S/C27H28F3N9O2/c1-15(27(28,29)30)38-19(7-9-34-38)18-13-20(39-22(18)23(31)33-14-35-39)17-6-8-32-21(12-17)36-10-11-37(24(40)16-4-5-16)26(2,3)25(36)41/h6-9,12-16H,4-5,10-11H2,1-3H3,(H2,31,33,35). The third-order valence-electron chi connectivity index (χ3n) is 7.87. The Morgan fingerprint density at radius 1 is 1.07 bits per heavy atom. The Bertz CT molecular complexity index is 1670. The second-order valence-corrected chi connectivity index (χ2v) is 10.9. The van der Waals surface area contributed by atoms with Crippen LogP contribution in [0.15, 0.2) is 43.0 Å². The van der Waals surface area contributed by atoms with Gasteiger partial charge in [-0.1, -0.05) is 0 Å². The van der Waals surface area contributed by atoms with Crippen molar-refractivity contribution < 1.29 is 22.8 Å². The highest BCUT2D eigenvalue weighted by molar-refractivity contribution is 6.03. The van der Waals surface area contributed by atoms with E-state index in [4.69, 9.17) is 5.73 Å². The molecule has 0 radical (unpaired) electrons. The van der Waals surface area contributed by atoms with Crippen molar-refractivity contribution in [2.45, 2.75) is 51.4 Å². The lowest BCUT2D eigenvalue weighted by atomic mass is 9.96. The molecule has 214 valence electrons. The zero-order valence-electron chi connectivity index (χ0n) is 22.6. The number of nitrogen functional groups attached to an aromatic ring is 1. The van der Waals surface area contributed by atoms with Crippen molar-refractivity contribution in [3.05, 3.63) is 43.0 Å². The first-order valence-corrected chi connectivity index (χ1v) is 13.2. The summed E-state index contributed by atoms with van der Waals surface area (Å²) in [5.74, 6) is 0.217. The zero-order chi connectivity index (χ0) is 29.3. The number of nitrogens with zero attached hydrogens (tertiary/aromatic N) is 8. The lowest BCUT2D eigenvalue weighted by molar-refractivity contribution is -0.165. The predicted molar refractivity (Wildman–Crippen MR) is 143 cm³/mol.